The number of hydrogen-bond acceptors (Lipinski definition) is 2. The molecule has 21 heavy (non-hydrogen) atoms. The first-order chi connectivity index (χ1) is 10.2. The van der Waals surface area contributed by atoms with Crippen LogP contribution in [-0.4, -0.2) is 19.6 Å². The Balaban J connectivity index is 2.09. The molecule has 0 spiro atoms. The van der Waals surface area contributed by atoms with Gasteiger partial charge in [0.25, 0.3) is 0 Å². The molecule has 0 amide bonds. The summed E-state index contributed by atoms with van der Waals surface area (Å²) in [7, 11) is 2.29. The lowest BCUT2D eigenvalue weighted by Gasteiger charge is -2.37. The molecule has 0 unspecified atom stereocenters. The minimum absolute atomic E-state index is 0.718. The quantitative estimate of drug-likeness (QED) is 0.828. The molecule has 1 N–H and O–H groups in total. The average Bonchev–Trinajstić information content (AvgIpc) is 2.52. The molecule has 0 atom stereocenters. The molecule has 1 aliphatic rings. The standard InChI is InChI=1S/C19H32N2/c1-5-16-8-10-18(11-9-16)21(4)19-12-7-15(3)13-17(19)14-20-6-2/h7,12-13,16,18,20H,5-6,8-11,14H2,1-4H3. The van der Waals surface area contributed by atoms with Crippen LogP contribution in [-0.2, 0) is 6.54 Å². The third-order valence-corrected chi connectivity index (χ3v) is 5.12. The fourth-order valence-corrected chi connectivity index (χ4v) is 3.60. The van der Waals surface area contributed by atoms with Crippen molar-refractivity contribution in [2.45, 2.75) is 65.5 Å². The molecule has 0 aliphatic heterocycles. The SMILES string of the molecule is CCNCc1cc(C)ccc1N(C)C1CCC(CC)CC1. The summed E-state index contributed by atoms with van der Waals surface area (Å²) in [5.74, 6) is 0.967. The predicted molar refractivity (Wildman–Crippen MR) is 93.0 cm³/mol. The van der Waals surface area contributed by atoms with Gasteiger partial charge in [0, 0.05) is 25.3 Å². The monoisotopic (exact) mass is 288 g/mol. The molecule has 118 valence electrons. The summed E-state index contributed by atoms with van der Waals surface area (Å²) < 4.78 is 0. The molecule has 1 aromatic carbocycles. The summed E-state index contributed by atoms with van der Waals surface area (Å²) in [5, 5.41) is 3.48. The number of rotatable bonds is 6. The Labute approximate surface area is 130 Å². The van der Waals surface area contributed by atoms with E-state index in [-0.39, 0.29) is 0 Å². The highest BCUT2D eigenvalue weighted by Gasteiger charge is 2.24. The van der Waals surface area contributed by atoms with Crippen LogP contribution >= 0.6 is 0 Å². The van der Waals surface area contributed by atoms with Crippen LogP contribution < -0.4 is 10.2 Å². The lowest BCUT2D eigenvalue weighted by atomic mass is 9.84. The van der Waals surface area contributed by atoms with Gasteiger partial charge in [-0.3, -0.25) is 0 Å². The van der Waals surface area contributed by atoms with Gasteiger partial charge in [0.2, 0.25) is 0 Å². The zero-order valence-corrected chi connectivity index (χ0v) is 14.3. The van der Waals surface area contributed by atoms with Crippen molar-refractivity contribution in [3.63, 3.8) is 0 Å². The Morgan fingerprint density at radius 3 is 2.48 bits per heavy atom. The van der Waals surface area contributed by atoms with Crippen LogP contribution in [0, 0.1) is 12.8 Å². The molecule has 0 bridgehead atoms. The van der Waals surface area contributed by atoms with Crippen molar-refractivity contribution in [1.29, 1.82) is 0 Å². The van der Waals surface area contributed by atoms with Crippen molar-refractivity contribution in [3.8, 4) is 0 Å². The molecule has 0 aromatic heterocycles. The lowest BCUT2D eigenvalue weighted by Crippen LogP contribution is -2.36. The van der Waals surface area contributed by atoms with Crippen molar-refractivity contribution in [2.75, 3.05) is 18.5 Å². The number of aryl methyl sites for hydroxylation is 1. The van der Waals surface area contributed by atoms with Crippen molar-refractivity contribution in [1.82, 2.24) is 5.32 Å². The first-order valence-electron chi connectivity index (χ1n) is 8.68. The molecule has 1 aromatic rings. The van der Waals surface area contributed by atoms with E-state index in [0.717, 1.165) is 25.0 Å². The van der Waals surface area contributed by atoms with E-state index in [1.165, 1.54) is 48.9 Å². The molecular formula is C19H32N2. The Hall–Kier alpha value is -1.02. The van der Waals surface area contributed by atoms with Gasteiger partial charge >= 0.3 is 0 Å². The van der Waals surface area contributed by atoms with Crippen molar-refractivity contribution >= 4 is 5.69 Å². The Morgan fingerprint density at radius 2 is 1.86 bits per heavy atom. The summed E-state index contributed by atoms with van der Waals surface area (Å²) in [5.41, 5.74) is 4.22. The van der Waals surface area contributed by atoms with E-state index in [4.69, 9.17) is 0 Å². The van der Waals surface area contributed by atoms with Gasteiger partial charge in [0.1, 0.15) is 0 Å². The maximum Gasteiger partial charge on any atom is 0.0411 e. The Morgan fingerprint density at radius 1 is 1.14 bits per heavy atom. The summed E-state index contributed by atoms with van der Waals surface area (Å²) in [6.07, 6.45) is 6.86. The second-order valence-electron chi connectivity index (χ2n) is 6.61. The van der Waals surface area contributed by atoms with Crippen molar-refractivity contribution in [3.05, 3.63) is 29.3 Å². The van der Waals surface area contributed by atoms with Crippen LogP contribution in [0.4, 0.5) is 5.69 Å². The van der Waals surface area contributed by atoms with E-state index < -0.39 is 0 Å². The summed E-state index contributed by atoms with van der Waals surface area (Å²) >= 11 is 0. The first kappa shape index (κ1) is 16.4. The maximum absolute atomic E-state index is 3.48. The van der Waals surface area contributed by atoms with Crippen LogP contribution in [0.25, 0.3) is 0 Å². The van der Waals surface area contributed by atoms with Gasteiger partial charge < -0.3 is 10.2 Å². The number of nitrogens with one attached hydrogen (secondary N) is 1. The van der Waals surface area contributed by atoms with Gasteiger partial charge in [0.05, 0.1) is 0 Å². The van der Waals surface area contributed by atoms with Crippen LogP contribution in [0.15, 0.2) is 18.2 Å². The van der Waals surface area contributed by atoms with Crippen molar-refractivity contribution < 1.29 is 0 Å². The fraction of sp³-hybridized carbons (Fsp3) is 0.684. The highest BCUT2D eigenvalue weighted by Crippen LogP contribution is 2.32. The highest BCUT2D eigenvalue weighted by atomic mass is 15.1. The number of benzene rings is 1. The van der Waals surface area contributed by atoms with E-state index in [1.807, 2.05) is 0 Å². The number of anilines is 1. The predicted octanol–water partition coefficient (Wildman–Crippen LogP) is 4.51. The zero-order chi connectivity index (χ0) is 15.2. The minimum Gasteiger partial charge on any atom is -0.371 e. The van der Waals surface area contributed by atoms with Crippen LogP contribution in [0.2, 0.25) is 0 Å². The van der Waals surface area contributed by atoms with E-state index in [9.17, 15) is 0 Å². The minimum atomic E-state index is 0.718. The van der Waals surface area contributed by atoms with Gasteiger partial charge in [0.15, 0.2) is 0 Å². The topological polar surface area (TPSA) is 15.3 Å². The van der Waals surface area contributed by atoms with Gasteiger partial charge in [-0.2, -0.15) is 0 Å². The summed E-state index contributed by atoms with van der Waals surface area (Å²) in [6.45, 7) is 8.70. The van der Waals surface area contributed by atoms with E-state index in [2.05, 4.69) is 56.2 Å². The normalized spacial score (nSPS) is 22.3. The van der Waals surface area contributed by atoms with Crippen LogP contribution in [0.1, 0.15) is 57.1 Å². The second kappa shape index (κ2) is 7.84. The third kappa shape index (κ3) is 4.23. The van der Waals surface area contributed by atoms with E-state index in [0.29, 0.717) is 0 Å². The fourth-order valence-electron chi connectivity index (χ4n) is 3.60. The molecule has 0 saturated heterocycles. The second-order valence-corrected chi connectivity index (χ2v) is 6.61. The summed E-state index contributed by atoms with van der Waals surface area (Å²) in [4.78, 5) is 2.54. The molecule has 2 nitrogen and oxygen atoms in total. The molecule has 1 saturated carbocycles. The molecule has 0 heterocycles. The van der Waals surface area contributed by atoms with Crippen LogP contribution in [0.3, 0.4) is 0 Å². The van der Waals surface area contributed by atoms with Gasteiger partial charge in [-0.05, 0) is 56.7 Å². The van der Waals surface area contributed by atoms with Gasteiger partial charge in [-0.15, -0.1) is 0 Å². The highest BCUT2D eigenvalue weighted by molar-refractivity contribution is 5.55. The Kier molecular flexibility index (Phi) is 6.10. The van der Waals surface area contributed by atoms with E-state index >= 15 is 0 Å². The molecule has 1 fully saturated rings. The molecule has 1 aliphatic carbocycles. The largest absolute Gasteiger partial charge is 0.371 e. The van der Waals surface area contributed by atoms with Crippen molar-refractivity contribution in [2.24, 2.45) is 5.92 Å². The van der Waals surface area contributed by atoms with Gasteiger partial charge in [-0.1, -0.05) is 38.0 Å². The molecule has 2 heteroatoms. The Bertz CT molecular complexity index is 433. The third-order valence-electron chi connectivity index (χ3n) is 5.12. The molecule has 2 rings (SSSR count). The van der Waals surface area contributed by atoms with Crippen LogP contribution in [0.5, 0.6) is 0 Å². The smallest absolute Gasteiger partial charge is 0.0411 e. The lowest BCUT2D eigenvalue weighted by molar-refractivity contribution is 0.313. The maximum atomic E-state index is 3.48. The first-order valence-corrected chi connectivity index (χ1v) is 8.68. The molecular weight excluding hydrogens is 256 g/mol. The zero-order valence-electron chi connectivity index (χ0n) is 14.3. The molecule has 0 radical (unpaired) electrons. The number of hydrogen-bond donors (Lipinski definition) is 1. The van der Waals surface area contributed by atoms with E-state index in [1.54, 1.807) is 0 Å². The summed E-state index contributed by atoms with van der Waals surface area (Å²) in [6, 6.07) is 7.62. The van der Waals surface area contributed by atoms with Gasteiger partial charge in [-0.25, -0.2) is 0 Å². The number of nitrogens with zero attached hydrogens (tertiary/aromatic N) is 1. The average molecular weight is 288 g/mol.